The third kappa shape index (κ3) is 4.05. The zero-order chi connectivity index (χ0) is 22.9. The Balaban J connectivity index is 1.48. The van der Waals surface area contributed by atoms with Gasteiger partial charge in [0, 0.05) is 16.6 Å². The molecule has 0 aliphatic heterocycles. The van der Waals surface area contributed by atoms with Gasteiger partial charge < -0.3 is 5.32 Å². The van der Waals surface area contributed by atoms with Gasteiger partial charge in [-0.1, -0.05) is 68.4 Å². The Morgan fingerprint density at radius 2 is 1.79 bits per heavy atom. The van der Waals surface area contributed by atoms with Gasteiger partial charge in [-0.05, 0) is 39.9 Å². The fourth-order valence-electron chi connectivity index (χ4n) is 4.11. The SMILES string of the molecule is CC(C)c1ccccc1NC(=O)Cn1cnc2scc(-c3ccc4ccccc4c3)c2c1=O. The highest BCUT2D eigenvalue weighted by Gasteiger charge is 2.16. The molecule has 33 heavy (non-hydrogen) atoms. The first-order chi connectivity index (χ1) is 16.0. The van der Waals surface area contributed by atoms with Gasteiger partial charge in [-0.2, -0.15) is 0 Å². The summed E-state index contributed by atoms with van der Waals surface area (Å²) in [6.07, 6.45) is 1.46. The quantitative estimate of drug-likeness (QED) is 0.353. The van der Waals surface area contributed by atoms with Gasteiger partial charge in [0.2, 0.25) is 5.91 Å². The van der Waals surface area contributed by atoms with E-state index in [4.69, 9.17) is 0 Å². The Morgan fingerprint density at radius 3 is 2.61 bits per heavy atom. The van der Waals surface area contributed by atoms with Crippen molar-refractivity contribution in [2.45, 2.75) is 26.3 Å². The van der Waals surface area contributed by atoms with Crippen LogP contribution >= 0.6 is 11.3 Å². The van der Waals surface area contributed by atoms with Crippen molar-refractivity contribution in [2.24, 2.45) is 0 Å². The Bertz CT molecular complexity index is 1550. The van der Waals surface area contributed by atoms with Crippen molar-refractivity contribution in [3.63, 3.8) is 0 Å². The van der Waals surface area contributed by atoms with E-state index in [9.17, 15) is 9.59 Å². The van der Waals surface area contributed by atoms with Crippen LogP contribution in [0.25, 0.3) is 32.1 Å². The van der Waals surface area contributed by atoms with Gasteiger partial charge in [0.15, 0.2) is 0 Å². The van der Waals surface area contributed by atoms with Crippen LogP contribution in [0.15, 0.2) is 83.2 Å². The highest BCUT2D eigenvalue weighted by Crippen LogP contribution is 2.32. The number of benzene rings is 3. The highest BCUT2D eigenvalue weighted by atomic mass is 32.1. The van der Waals surface area contributed by atoms with Crippen molar-refractivity contribution < 1.29 is 4.79 Å². The summed E-state index contributed by atoms with van der Waals surface area (Å²) >= 11 is 1.44. The van der Waals surface area contributed by atoms with Crippen LogP contribution < -0.4 is 10.9 Å². The van der Waals surface area contributed by atoms with E-state index in [1.807, 2.05) is 47.8 Å². The minimum absolute atomic E-state index is 0.0960. The Labute approximate surface area is 195 Å². The number of carbonyl (C=O) groups is 1. The summed E-state index contributed by atoms with van der Waals surface area (Å²) in [4.78, 5) is 31.3. The van der Waals surface area contributed by atoms with E-state index < -0.39 is 0 Å². The fraction of sp³-hybridized carbons (Fsp3) is 0.148. The largest absolute Gasteiger partial charge is 0.324 e. The summed E-state index contributed by atoms with van der Waals surface area (Å²) in [7, 11) is 0. The molecule has 0 unspecified atom stereocenters. The summed E-state index contributed by atoms with van der Waals surface area (Å²) in [6, 6.07) is 22.0. The van der Waals surface area contributed by atoms with Crippen molar-refractivity contribution in [3.8, 4) is 11.1 Å². The van der Waals surface area contributed by atoms with Gasteiger partial charge in [-0.15, -0.1) is 11.3 Å². The van der Waals surface area contributed by atoms with Crippen LogP contribution in [0.1, 0.15) is 25.3 Å². The minimum Gasteiger partial charge on any atom is -0.324 e. The molecule has 0 bridgehead atoms. The number of fused-ring (bicyclic) bond motifs is 2. The molecule has 0 spiro atoms. The summed E-state index contributed by atoms with van der Waals surface area (Å²) < 4.78 is 1.38. The van der Waals surface area contributed by atoms with Gasteiger partial charge in [0.25, 0.3) is 5.56 Å². The van der Waals surface area contributed by atoms with Crippen molar-refractivity contribution in [2.75, 3.05) is 5.32 Å². The Kier molecular flexibility index (Phi) is 5.52. The zero-order valence-electron chi connectivity index (χ0n) is 18.4. The van der Waals surface area contributed by atoms with Crippen LogP contribution in [0.3, 0.4) is 0 Å². The van der Waals surface area contributed by atoms with Crippen LogP contribution in [-0.2, 0) is 11.3 Å². The molecule has 0 saturated heterocycles. The van der Waals surface area contributed by atoms with Crippen LogP contribution in [0.5, 0.6) is 0 Å². The second-order valence-corrected chi connectivity index (χ2v) is 9.22. The van der Waals surface area contributed by atoms with Gasteiger partial charge in [0.05, 0.1) is 11.7 Å². The molecule has 164 valence electrons. The van der Waals surface area contributed by atoms with Gasteiger partial charge in [-0.25, -0.2) is 4.98 Å². The second-order valence-electron chi connectivity index (χ2n) is 8.36. The number of anilines is 1. The number of hydrogen-bond donors (Lipinski definition) is 1. The molecular weight excluding hydrogens is 430 g/mol. The number of thiophene rings is 1. The summed E-state index contributed by atoms with van der Waals surface area (Å²) in [6.45, 7) is 4.07. The van der Waals surface area contributed by atoms with Gasteiger partial charge >= 0.3 is 0 Å². The van der Waals surface area contributed by atoms with E-state index in [1.165, 1.54) is 22.2 Å². The lowest BCUT2D eigenvalue weighted by molar-refractivity contribution is -0.116. The molecule has 0 saturated carbocycles. The Morgan fingerprint density at radius 1 is 1.03 bits per heavy atom. The molecule has 0 aliphatic rings. The first kappa shape index (κ1) is 21.1. The predicted molar refractivity (Wildman–Crippen MR) is 136 cm³/mol. The number of aromatic nitrogens is 2. The topological polar surface area (TPSA) is 64.0 Å². The number of para-hydroxylation sites is 1. The summed E-state index contributed by atoms with van der Waals surface area (Å²) in [5.74, 6) is 0.0198. The molecule has 2 aromatic heterocycles. The van der Waals surface area contributed by atoms with Crippen molar-refractivity contribution in [1.82, 2.24) is 9.55 Å². The monoisotopic (exact) mass is 453 g/mol. The predicted octanol–water partition coefficient (Wildman–Crippen LogP) is 6.04. The van der Waals surface area contributed by atoms with Crippen molar-refractivity contribution >= 4 is 43.9 Å². The summed E-state index contributed by atoms with van der Waals surface area (Å²) in [5, 5.41) is 7.73. The van der Waals surface area contributed by atoms with Crippen molar-refractivity contribution in [1.29, 1.82) is 0 Å². The van der Waals surface area contributed by atoms with Crippen LogP contribution in [-0.4, -0.2) is 15.5 Å². The smallest absolute Gasteiger partial charge is 0.263 e. The molecule has 0 atom stereocenters. The average molecular weight is 454 g/mol. The van der Waals surface area contributed by atoms with Gasteiger partial charge in [-0.3, -0.25) is 14.2 Å². The molecule has 2 heterocycles. The number of rotatable bonds is 5. The lowest BCUT2D eigenvalue weighted by atomic mass is 10.0. The number of amides is 1. The fourth-order valence-corrected chi connectivity index (χ4v) is 5.01. The third-order valence-corrected chi connectivity index (χ3v) is 6.68. The van der Waals surface area contributed by atoms with E-state index in [0.29, 0.717) is 10.2 Å². The molecule has 5 aromatic rings. The molecule has 1 amide bonds. The lowest BCUT2D eigenvalue weighted by Crippen LogP contribution is -2.28. The zero-order valence-corrected chi connectivity index (χ0v) is 19.2. The number of carbonyl (C=O) groups excluding carboxylic acids is 1. The average Bonchev–Trinajstić information content (AvgIpc) is 3.26. The normalized spacial score (nSPS) is 11.4. The van der Waals surface area contributed by atoms with Crippen LogP contribution in [0.4, 0.5) is 5.69 Å². The van der Waals surface area contributed by atoms with E-state index in [0.717, 1.165) is 33.2 Å². The molecule has 3 aromatic carbocycles. The maximum atomic E-state index is 13.4. The number of nitrogens with one attached hydrogen (secondary N) is 1. The molecule has 0 fully saturated rings. The maximum absolute atomic E-state index is 13.4. The highest BCUT2D eigenvalue weighted by molar-refractivity contribution is 7.17. The standard InChI is InChI=1S/C27H23N3O2S/c1-17(2)21-9-5-6-10-23(21)29-24(31)14-30-16-28-26-25(27(30)32)22(15-33-26)20-12-11-18-7-3-4-8-19(18)13-20/h3-13,15-17H,14H2,1-2H3,(H,29,31). The first-order valence-corrected chi connectivity index (χ1v) is 11.7. The van der Waals surface area contributed by atoms with E-state index in [1.54, 1.807) is 0 Å². The molecular formula is C27H23N3O2S. The molecule has 0 radical (unpaired) electrons. The molecule has 5 nitrogen and oxygen atoms in total. The van der Waals surface area contributed by atoms with Crippen molar-refractivity contribution in [3.05, 3.63) is 94.4 Å². The van der Waals surface area contributed by atoms with Crippen LogP contribution in [0.2, 0.25) is 0 Å². The first-order valence-electron chi connectivity index (χ1n) is 10.9. The second kappa shape index (κ2) is 8.64. The summed E-state index contributed by atoms with van der Waals surface area (Å²) in [5.41, 5.74) is 3.43. The number of hydrogen-bond acceptors (Lipinski definition) is 4. The van der Waals surface area contributed by atoms with E-state index >= 15 is 0 Å². The lowest BCUT2D eigenvalue weighted by Gasteiger charge is -2.14. The molecule has 5 rings (SSSR count). The Hall–Kier alpha value is -3.77. The van der Waals surface area contributed by atoms with E-state index in [-0.39, 0.29) is 23.9 Å². The molecule has 0 aliphatic carbocycles. The van der Waals surface area contributed by atoms with Gasteiger partial charge in [0.1, 0.15) is 11.4 Å². The van der Waals surface area contributed by atoms with Crippen LogP contribution in [0, 0.1) is 0 Å². The molecule has 6 heteroatoms. The third-order valence-electron chi connectivity index (χ3n) is 5.79. The maximum Gasteiger partial charge on any atom is 0.263 e. The van der Waals surface area contributed by atoms with E-state index in [2.05, 4.69) is 48.4 Å². The number of nitrogens with zero attached hydrogens (tertiary/aromatic N) is 2. The minimum atomic E-state index is -0.256. The molecule has 1 N–H and O–H groups in total.